The fourth-order valence-electron chi connectivity index (χ4n) is 4.49. The van der Waals surface area contributed by atoms with Gasteiger partial charge in [-0.05, 0) is 49.9 Å². The Balaban J connectivity index is 1.17. The molecular weight excluding hydrogens is 434 g/mol. The first-order valence-corrected chi connectivity index (χ1v) is 11.9. The monoisotopic (exact) mass is 469 g/mol. The maximum atomic E-state index is 12.5. The van der Waals surface area contributed by atoms with Gasteiger partial charge in [-0.15, -0.1) is 0 Å². The number of nitrogens with zero attached hydrogens (tertiary/aromatic N) is 1. The van der Waals surface area contributed by atoms with E-state index in [1.54, 1.807) is 19.2 Å². The van der Waals surface area contributed by atoms with E-state index in [0.717, 1.165) is 42.7 Å². The molecule has 1 saturated heterocycles. The quantitative estimate of drug-likeness (QED) is 0.547. The van der Waals surface area contributed by atoms with Crippen LogP contribution in [-0.2, 0) is 4.79 Å². The van der Waals surface area contributed by atoms with Crippen LogP contribution in [-0.4, -0.2) is 74.1 Å². The fourth-order valence-corrected chi connectivity index (χ4v) is 4.49. The summed E-state index contributed by atoms with van der Waals surface area (Å²) in [6, 6.07) is 11.7. The zero-order chi connectivity index (χ0) is 24.1. The summed E-state index contributed by atoms with van der Waals surface area (Å²) in [6.07, 6.45) is 0.737. The van der Waals surface area contributed by atoms with Crippen molar-refractivity contribution < 1.29 is 24.1 Å². The molecule has 1 fully saturated rings. The number of likely N-dealkylation sites (tertiary alicyclic amines) is 1. The lowest BCUT2D eigenvalue weighted by molar-refractivity contribution is -0.117. The summed E-state index contributed by atoms with van der Waals surface area (Å²) >= 11 is 0. The lowest BCUT2D eigenvalue weighted by Crippen LogP contribution is -2.50. The fraction of sp³-hybridized carbons (Fsp3) is 0.500. The smallest absolute Gasteiger partial charge is 0.238 e. The van der Waals surface area contributed by atoms with Gasteiger partial charge in [0.05, 0.1) is 13.7 Å². The number of piperidine rings is 1. The number of aliphatic hydroxyl groups is 1. The van der Waals surface area contributed by atoms with Crippen molar-refractivity contribution in [1.82, 2.24) is 10.2 Å². The van der Waals surface area contributed by atoms with Crippen LogP contribution in [0, 0.1) is 13.8 Å². The van der Waals surface area contributed by atoms with Crippen LogP contribution in [0.25, 0.3) is 0 Å². The number of aryl methyl sites for hydroxylation is 2. The van der Waals surface area contributed by atoms with Gasteiger partial charge >= 0.3 is 0 Å². The zero-order valence-electron chi connectivity index (χ0n) is 20.2. The van der Waals surface area contributed by atoms with Gasteiger partial charge in [-0.3, -0.25) is 9.69 Å². The predicted octanol–water partition coefficient (Wildman–Crippen LogP) is 2.51. The minimum absolute atomic E-state index is 0.0200. The Morgan fingerprint density at radius 2 is 1.91 bits per heavy atom. The van der Waals surface area contributed by atoms with Gasteiger partial charge in [-0.2, -0.15) is 0 Å². The van der Waals surface area contributed by atoms with Gasteiger partial charge in [0, 0.05) is 37.4 Å². The third-order valence-electron chi connectivity index (χ3n) is 6.58. The second kappa shape index (κ2) is 11.1. The Morgan fingerprint density at radius 1 is 1.18 bits per heavy atom. The van der Waals surface area contributed by atoms with Crippen LogP contribution >= 0.6 is 0 Å². The number of hydrogen-bond donors (Lipinski definition) is 3. The summed E-state index contributed by atoms with van der Waals surface area (Å²) < 4.78 is 16.9. The zero-order valence-corrected chi connectivity index (χ0v) is 20.2. The highest BCUT2D eigenvalue weighted by Gasteiger charge is 2.29. The van der Waals surface area contributed by atoms with Crippen molar-refractivity contribution in [3.05, 3.63) is 47.5 Å². The molecule has 0 radical (unpaired) electrons. The predicted molar refractivity (Wildman–Crippen MR) is 131 cm³/mol. The van der Waals surface area contributed by atoms with Gasteiger partial charge in [0.1, 0.15) is 18.5 Å². The van der Waals surface area contributed by atoms with Crippen LogP contribution in [0.1, 0.15) is 24.0 Å². The van der Waals surface area contributed by atoms with E-state index in [1.807, 2.05) is 38.1 Å². The van der Waals surface area contributed by atoms with Crippen LogP contribution < -0.4 is 24.8 Å². The molecule has 8 nitrogen and oxygen atoms in total. The van der Waals surface area contributed by atoms with Crippen molar-refractivity contribution in [3.8, 4) is 17.2 Å². The molecule has 184 valence electrons. The van der Waals surface area contributed by atoms with E-state index in [2.05, 4.69) is 15.5 Å². The van der Waals surface area contributed by atoms with E-state index in [1.165, 1.54) is 0 Å². The molecule has 34 heavy (non-hydrogen) atoms. The SMILES string of the molecule is COc1ccc2c(c1)OCC(C(O)CNC1CCN(CC(=O)Nc3c(C)cccc3C)CC1)O2. The molecule has 0 aromatic heterocycles. The third-order valence-corrected chi connectivity index (χ3v) is 6.58. The normalized spacial score (nSPS) is 19.5. The minimum Gasteiger partial charge on any atom is -0.497 e. The van der Waals surface area contributed by atoms with Gasteiger partial charge in [-0.1, -0.05) is 18.2 Å². The Bertz CT molecular complexity index is 970. The number of benzene rings is 2. The molecule has 4 rings (SSSR count). The molecule has 0 bridgehead atoms. The van der Waals surface area contributed by atoms with Crippen LogP contribution in [0.3, 0.4) is 0 Å². The summed E-state index contributed by atoms with van der Waals surface area (Å²) in [7, 11) is 1.61. The summed E-state index contributed by atoms with van der Waals surface area (Å²) in [5.41, 5.74) is 3.06. The van der Waals surface area contributed by atoms with Crippen molar-refractivity contribution in [2.24, 2.45) is 0 Å². The first kappa shape index (κ1) is 24.3. The van der Waals surface area contributed by atoms with E-state index < -0.39 is 12.2 Å². The Labute approximate surface area is 201 Å². The Kier molecular flexibility index (Phi) is 7.92. The van der Waals surface area contributed by atoms with Crippen molar-refractivity contribution in [2.75, 3.05) is 45.2 Å². The number of rotatable bonds is 8. The van der Waals surface area contributed by atoms with E-state index in [-0.39, 0.29) is 12.5 Å². The maximum Gasteiger partial charge on any atom is 0.238 e. The van der Waals surface area contributed by atoms with Gasteiger partial charge in [0.2, 0.25) is 5.91 Å². The van der Waals surface area contributed by atoms with Crippen LogP contribution in [0.5, 0.6) is 17.2 Å². The molecule has 2 aliphatic heterocycles. The first-order chi connectivity index (χ1) is 16.4. The first-order valence-electron chi connectivity index (χ1n) is 11.9. The summed E-state index contributed by atoms with van der Waals surface area (Å²) in [5.74, 6) is 1.97. The van der Waals surface area contributed by atoms with Gasteiger partial charge in [0.15, 0.2) is 17.6 Å². The number of ether oxygens (including phenoxy) is 3. The number of para-hydroxylation sites is 1. The molecule has 0 spiro atoms. The molecule has 0 aliphatic carbocycles. The molecular formula is C26H35N3O5. The van der Waals surface area contributed by atoms with Crippen LogP contribution in [0.2, 0.25) is 0 Å². The average Bonchev–Trinajstić information content (AvgIpc) is 2.85. The molecule has 2 aliphatic rings. The van der Waals surface area contributed by atoms with Crippen molar-refractivity contribution in [3.63, 3.8) is 0 Å². The van der Waals surface area contributed by atoms with Gasteiger partial charge < -0.3 is 30.0 Å². The van der Waals surface area contributed by atoms with E-state index in [0.29, 0.717) is 36.4 Å². The number of nitrogens with one attached hydrogen (secondary N) is 2. The topological polar surface area (TPSA) is 92.3 Å². The molecule has 0 saturated carbocycles. The molecule has 2 unspecified atom stereocenters. The summed E-state index contributed by atoms with van der Waals surface area (Å²) in [5, 5.41) is 17.2. The number of hydrogen-bond acceptors (Lipinski definition) is 7. The molecule has 2 heterocycles. The minimum atomic E-state index is -0.684. The van der Waals surface area contributed by atoms with Gasteiger partial charge in [0.25, 0.3) is 0 Å². The van der Waals surface area contributed by atoms with Crippen molar-refractivity contribution >= 4 is 11.6 Å². The highest BCUT2D eigenvalue weighted by molar-refractivity contribution is 5.93. The van der Waals surface area contributed by atoms with E-state index >= 15 is 0 Å². The molecule has 1 amide bonds. The van der Waals surface area contributed by atoms with Crippen LogP contribution in [0.15, 0.2) is 36.4 Å². The number of carbonyl (C=O) groups is 1. The highest BCUT2D eigenvalue weighted by atomic mass is 16.6. The van der Waals surface area contributed by atoms with Crippen molar-refractivity contribution in [2.45, 2.75) is 44.9 Å². The average molecular weight is 470 g/mol. The lowest BCUT2D eigenvalue weighted by Gasteiger charge is -2.34. The summed E-state index contributed by atoms with van der Waals surface area (Å²) in [6.45, 7) is 6.80. The Hall–Kier alpha value is -2.81. The maximum absolute atomic E-state index is 12.5. The van der Waals surface area contributed by atoms with Crippen LogP contribution in [0.4, 0.5) is 5.69 Å². The summed E-state index contributed by atoms with van der Waals surface area (Å²) in [4.78, 5) is 14.7. The number of anilines is 1. The highest BCUT2D eigenvalue weighted by Crippen LogP contribution is 2.35. The van der Waals surface area contributed by atoms with Gasteiger partial charge in [-0.25, -0.2) is 0 Å². The van der Waals surface area contributed by atoms with E-state index in [9.17, 15) is 9.90 Å². The number of amides is 1. The number of aliphatic hydroxyl groups excluding tert-OH is 1. The Morgan fingerprint density at radius 3 is 2.62 bits per heavy atom. The van der Waals surface area contributed by atoms with Crippen molar-refractivity contribution in [1.29, 1.82) is 0 Å². The second-order valence-corrected chi connectivity index (χ2v) is 9.12. The number of carbonyl (C=O) groups excluding carboxylic acids is 1. The second-order valence-electron chi connectivity index (χ2n) is 9.12. The molecule has 2 aromatic rings. The molecule has 3 N–H and O–H groups in total. The molecule has 8 heteroatoms. The number of methoxy groups -OCH3 is 1. The third kappa shape index (κ3) is 6.00. The lowest BCUT2D eigenvalue weighted by atomic mass is 10.0. The molecule has 2 aromatic carbocycles. The molecule has 2 atom stereocenters. The largest absolute Gasteiger partial charge is 0.497 e. The van der Waals surface area contributed by atoms with E-state index in [4.69, 9.17) is 14.2 Å². The standard InChI is InChI=1S/C26H35N3O5/c1-17-5-4-6-18(2)26(17)28-25(31)15-29-11-9-19(10-12-29)27-14-21(30)24-16-33-23-13-20(32-3)7-8-22(23)34-24/h4-8,13,19,21,24,27,30H,9-12,14-16H2,1-3H3,(H,28,31). The number of fused-ring (bicyclic) bond motifs is 1.